The lowest BCUT2D eigenvalue weighted by Gasteiger charge is -2.24. The van der Waals surface area contributed by atoms with Crippen LogP contribution in [0.2, 0.25) is 0 Å². The molecule has 2 fully saturated rings. The lowest BCUT2D eigenvalue weighted by atomic mass is 10.0. The van der Waals surface area contributed by atoms with Crippen LogP contribution in [0.15, 0.2) is 24.3 Å². The number of hydrogen-bond acceptors (Lipinski definition) is 4. The Kier molecular flexibility index (Phi) is 5.68. The number of aromatic nitrogens is 1. The molecule has 0 radical (unpaired) electrons. The number of nitrogens with zero attached hydrogens (tertiary/aromatic N) is 3. The highest BCUT2D eigenvalue weighted by Crippen LogP contribution is 2.46. The molecule has 1 saturated heterocycles. The number of amides is 2. The summed E-state index contributed by atoms with van der Waals surface area (Å²) in [6, 6.07) is 8.05. The summed E-state index contributed by atoms with van der Waals surface area (Å²) in [7, 11) is 0. The smallest absolute Gasteiger partial charge is 0.308 e. The molecule has 0 N–H and O–H groups in total. The minimum Gasteiger partial charge on any atom is -0.379 e. The van der Waals surface area contributed by atoms with Gasteiger partial charge in [0.05, 0.1) is 18.3 Å². The highest BCUT2D eigenvalue weighted by Gasteiger charge is 2.37. The fourth-order valence-electron chi connectivity index (χ4n) is 4.47. The van der Waals surface area contributed by atoms with Gasteiger partial charge in [0.2, 0.25) is 0 Å². The van der Waals surface area contributed by atoms with Crippen LogP contribution in [0.25, 0.3) is 0 Å². The van der Waals surface area contributed by atoms with E-state index in [4.69, 9.17) is 9.72 Å². The molecular formula is C25H24IN3O3. The van der Waals surface area contributed by atoms with Crippen molar-refractivity contribution >= 4 is 45.9 Å². The van der Waals surface area contributed by atoms with E-state index in [2.05, 4.69) is 40.5 Å². The number of benzene rings is 1. The van der Waals surface area contributed by atoms with Crippen molar-refractivity contribution in [2.75, 3.05) is 18.1 Å². The van der Waals surface area contributed by atoms with E-state index in [-0.39, 0.29) is 17.9 Å². The number of rotatable bonds is 4. The Morgan fingerprint density at radius 3 is 2.78 bits per heavy atom. The van der Waals surface area contributed by atoms with Gasteiger partial charge in [-0.1, -0.05) is 12.0 Å². The number of ether oxygens (including phenoxy) is 1. The number of halogens is 1. The minimum atomic E-state index is -0.339. The molecule has 1 aromatic carbocycles. The normalized spacial score (nSPS) is 19.5. The highest BCUT2D eigenvalue weighted by molar-refractivity contribution is 14.1. The van der Waals surface area contributed by atoms with E-state index in [0.717, 1.165) is 41.6 Å². The summed E-state index contributed by atoms with van der Waals surface area (Å²) >= 11 is 2.34. The van der Waals surface area contributed by atoms with E-state index in [1.165, 1.54) is 3.57 Å². The fraction of sp³-hybridized carbons (Fsp3) is 0.400. The third-order valence-electron chi connectivity index (χ3n) is 6.34. The highest BCUT2D eigenvalue weighted by atomic mass is 127. The van der Waals surface area contributed by atoms with Gasteiger partial charge in [0.1, 0.15) is 11.5 Å². The van der Waals surface area contributed by atoms with Crippen molar-refractivity contribution in [1.29, 1.82) is 0 Å². The summed E-state index contributed by atoms with van der Waals surface area (Å²) in [5, 5.41) is 0. The Labute approximate surface area is 201 Å². The summed E-state index contributed by atoms with van der Waals surface area (Å²) < 4.78 is 6.65. The van der Waals surface area contributed by atoms with Gasteiger partial charge in [-0.25, -0.2) is 4.98 Å². The van der Waals surface area contributed by atoms with Gasteiger partial charge in [-0.15, -0.1) is 0 Å². The van der Waals surface area contributed by atoms with Crippen LogP contribution in [0.1, 0.15) is 59.3 Å². The molecule has 1 aromatic heterocycles. The predicted octanol–water partition coefficient (Wildman–Crippen LogP) is 4.30. The number of pyridine rings is 1. The Hall–Kier alpha value is -2.44. The molecule has 2 aliphatic heterocycles. The summed E-state index contributed by atoms with van der Waals surface area (Å²) in [6.07, 6.45) is 3.07. The van der Waals surface area contributed by atoms with E-state index < -0.39 is 0 Å². The summed E-state index contributed by atoms with van der Waals surface area (Å²) in [5.74, 6) is 5.86. The zero-order valence-electron chi connectivity index (χ0n) is 18.2. The van der Waals surface area contributed by atoms with Gasteiger partial charge in [-0.3, -0.25) is 14.5 Å². The Balaban J connectivity index is 1.58. The number of aryl methyl sites for hydroxylation is 1. The van der Waals surface area contributed by atoms with Gasteiger partial charge >= 0.3 is 5.91 Å². The van der Waals surface area contributed by atoms with Crippen molar-refractivity contribution in [3.8, 4) is 11.8 Å². The summed E-state index contributed by atoms with van der Waals surface area (Å²) in [6.45, 7) is 5.47. The molecule has 164 valence electrons. The molecule has 0 spiro atoms. The van der Waals surface area contributed by atoms with Gasteiger partial charge in [0, 0.05) is 22.3 Å². The number of fused-ring (bicyclic) bond motifs is 1. The van der Waals surface area contributed by atoms with Crippen molar-refractivity contribution in [3.05, 3.63) is 50.2 Å². The van der Waals surface area contributed by atoms with Crippen LogP contribution >= 0.6 is 22.6 Å². The second kappa shape index (κ2) is 8.49. The number of carbonyl (C=O) groups excluding carboxylic acids is 2. The zero-order chi connectivity index (χ0) is 22.4. The van der Waals surface area contributed by atoms with Crippen LogP contribution < -0.4 is 4.90 Å². The third kappa shape index (κ3) is 3.80. The fourth-order valence-corrected chi connectivity index (χ4v) is 4.96. The van der Waals surface area contributed by atoms with E-state index in [1.54, 1.807) is 11.8 Å². The largest absolute Gasteiger partial charge is 0.379 e. The molecule has 1 aliphatic carbocycles. The van der Waals surface area contributed by atoms with Crippen LogP contribution in [0.3, 0.4) is 0 Å². The van der Waals surface area contributed by atoms with Gasteiger partial charge in [-0.2, -0.15) is 0 Å². The van der Waals surface area contributed by atoms with Crippen LogP contribution in [0, 0.1) is 22.3 Å². The van der Waals surface area contributed by atoms with Crippen molar-refractivity contribution in [1.82, 2.24) is 9.88 Å². The predicted molar refractivity (Wildman–Crippen MR) is 130 cm³/mol. The molecule has 5 rings (SSSR count). The van der Waals surface area contributed by atoms with E-state index in [9.17, 15) is 9.59 Å². The lowest BCUT2D eigenvalue weighted by Crippen LogP contribution is -2.36. The second-order valence-corrected chi connectivity index (χ2v) is 9.74. The number of carbonyl (C=O) groups is 2. The van der Waals surface area contributed by atoms with Crippen LogP contribution in [0.4, 0.5) is 11.5 Å². The standard InChI is InChI=1S/C25H24IN3O3/c1-3-4-23(30)29(21-11-15(2)20(26)12-19(21)16-5-6-16)22-8-7-17-13-28(18-9-10-32-14-18)25(31)24(17)27-22/h7-8,11-12,16,18H,5-6,9-10,13-14H2,1-2H3. The summed E-state index contributed by atoms with van der Waals surface area (Å²) in [5.41, 5.74) is 4.37. The summed E-state index contributed by atoms with van der Waals surface area (Å²) in [4.78, 5) is 34.5. The molecular weight excluding hydrogens is 517 g/mol. The van der Waals surface area contributed by atoms with E-state index in [0.29, 0.717) is 37.2 Å². The van der Waals surface area contributed by atoms with Crippen molar-refractivity contribution in [2.45, 2.75) is 51.6 Å². The molecule has 3 heterocycles. The number of hydrogen-bond donors (Lipinski definition) is 0. The molecule has 3 aliphatic rings. The number of anilines is 2. The molecule has 1 unspecified atom stereocenters. The van der Waals surface area contributed by atoms with E-state index >= 15 is 0 Å². The molecule has 1 atom stereocenters. The van der Waals surface area contributed by atoms with Crippen LogP contribution in [-0.4, -0.2) is 41.0 Å². The van der Waals surface area contributed by atoms with Gasteiger partial charge in [0.25, 0.3) is 5.91 Å². The zero-order valence-corrected chi connectivity index (χ0v) is 20.3. The van der Waals surface area contributed by atoms with Crippen molar-refractivity contribution in [2.24, 2.45) is 0 Å². The molecule has 7 heteroatoms. The maximum absolute atomic E-state index is 13.2. The van der Waals surface area contributed by atoms with Crippen molar-refractivity contribution in [3.63, 3.8) is 0 Å². The first-order chi connectivity index (χ1) is 15.5. The third-order valence-corrected chi connectivity index (χ3v) is 7.51. The Bertz CT molecular complexity index is 1170. The maximum Gasteiger partial charge on any atom is 0.308 e. The van der Waals surface area contributed by atoms with Gasteiger partial charge in [-0.05, 0) is 96.9 Å². The molecule has 32 heavy (non-hydrogen) atoms. The maximum atomic E-state index is 13.2. The monoisotopic (exact) mass is 541 g/mol. The van der Waals surface area contributed by atoms with Crippen LogP contribution in [-0.2, 0) is 16.1 Å². The average Bonchev–Trinajstić information content (AvgIpc) is 3.37. The lowest BCUT2D eigenvalue weighted by molar-refractivity contribution is -0.112. The topological polar surface area (TPSA) is 62.7 Å². The average molecular weight is 541 g/mol. The minimum absolute atomic E-state index is 0.0872. The molecule has 2 aromatic rings. The second-order valence-electron chi connectivity index (χ2n) is 8.58. The van der Waals surface area contributed by atoms with Crippen molar-refractivity contribution < 1.29 is 14.3 Å². The Morgan fingerprint density at radius 1 is 1.28 bits per heavy atom. The SMILES string of the molecule is CC#CC(=O)N(c1ccc2c(n1)C(=O)N(C1CCOC1)C2)c1cc(C)c(I)cc1C1CC1. The van der Waals surface area contributed by atoms with Crippen LogP contribution in [0.5, 0.6) is 0 Å². The molecule has 6 nitrogen and oxygen atoms in total. The van der Waals surface area contributed by atoms with Gasteiger partial charge < -0.3 is 9.64 Å². The Morgan fingerprint density at radius 2 is 2.09 bits per heavy atom. The van der Waals surface area contributed by atoms with E-state index in [1.807, 2.05) is 30.0 Å². The quantitative estimate of drug-likeness (QED) is 0.428. The first-order valence-electron chi connectivity index (χ1n) is 10.9. The first kappa shape index (κ1) is 21.4. The molecule has 1 saturated carbocycles. The molecule has 0 bridgehead atoms. The molecule has 2 amide bonds. The van der Waals surface area contributed by atoms with Gasteiger partial charge in [0.15, 0.2) is 0 Å². The first-order valence-corrected chi connectivity index (χ1v) is 12.0.